The maximum atomic E-state index is 12.1. The zero-order valence-electron chi connectivity index (χ0n) is 15.6. The third-order valence-corrected chi connectivity index (χ3v) is 4.62. The van der Waals surface area contributed by atoms with Gasteiger partial charge < -0.3 is 25.4 Å². The predicted molar refractivity (Wildman–Crippen MR) is 106 cm³/mol. The number of carbonyl (C=O) groups is 2. The maximum absolute atomic E-state index is 12.1. The van der Waals surface area contributed by atoms with E-state index in [1.165, 1.54) is 17.5 Å². The Balaban J connectivity index is 2.10. The second kappa shape index (κ2) is 10.5. The highest BCUT2D eigenvalue weighted by molar-refractivity contribution is 7.17. The zero-order valence-corrected chi connectivity index (χ0v) is 16.4. The number of amides is 3. The summed E-state index contributed by atoms with van der Waals surface area (Å²) in [6.45, 7) is 4.39. The molecule has 0 fully saturated rings. The van der Waals surface area contributed by atoms with Crippen molar-refractivity contribution in [3.8, 4) is 10.8 Å². The molecular weight excluding hydrogens is 368 g/mol. The summed E-state index contributed by atoms with van der Waals surface area (Å²) in [5.41, 5.74) is 1.42. The number of thiazole rings is 1. The monoisotopic (exact) mass is 392 g/mol. The maximum Gasteiger partial charge on any atom is 0.319 e. The summed E-state index contributed by atoms with van der Waals surface area (Å²) in [6, 6.07) is 5.22. The van der Waals surface area contributed by atoms with E-state index < -0.39 is 0 Å². The van der Waals surface area contributed by atoms with E-state index in [-0.39, 0.29) is 12.1 Å². The Bertz CT molecular complexity index is 762. The summed E-state index contributed by atoms with van der Waals surface area (Å²) in [6.07, 6.45) is 3.84. The van der Waals surface area contributed by atoms with Crippen molar-refractivity contribution < 1.29 is 19.1 Å². The highest BCUT2D eigenvalue weighted by atomic mass is 32.1. The Hall–Kier alpha value is -2.65. The predicted octanol–water partition coefficient (Wildman–Crippen LogP) is 3.96. The highest BCUT2D eigenvalue weighted by Crippen LogP contribution is 2.33. The molecule has 0 unspecified atom stereocenters. The SMILES string of the molecule is CCC(CC)NC(=O)Nc1ccc(Oc2cnc(NC=O)s2)c(COC)c1. The van der Waals surface area contributed by atoms with Crippen LogP contribution < -0.4 is 20.7 Å². The first-order valence-corrected chi connectivity index (χ1v) is 9.44. The molecule has 3 amide bonds. The molecular formula is C18H24N4O4S. The molecule has 0 saturated heterocycles. The van der Waals surface area contributed by atoms with E-state index in [1.807, 2.05) is 13.8 Å². The van der Waals surface area contributed by atoms with Crippen molar-refractivity contribution in [3.05, 3.63) is 30.0 Å². The molecule has 0 saturated carbocycles. The van der Waals surface area contributed by atoms with Crippen molar-refractivity contribution in [1.82, 2.24) is 10.3 Å². The normalized spacial score (nSPS) is 10.5. The summed E-state index contributed by atoms with van der Waals surface area (Å²) < 4.78 is 11.1. The largest absolute Gasteiger partial charge is 0.445 e. The van der Waals surface area contributed by atoms with E-state index in [4.69, 9.17) is 9.47 Å². The van der Waals surface area contributed by atoms with Crippen molar-refractivity contribution in [2.75, 3.05) is 17.7 Å². The lowest BCUT2D eigenvalue weighted by Gasteiger charge is -2.16. The van der Waals surface area contributed by atoms with E-state index in [9.17, 15) is 9.59 Å². The summed E-state index contributed by atoms with van der Waals surface area (Å²) in [5, 5.41) is 9.22. The number of hydrogen-bond donors (Lipinski definition) is 3. The van der Waals surface area contributed by atoms with Gasteiger partial charge in [0.25, 0.3) is 0 Å². The smallest absolute Gasteiger partial charge is 0.319 e. The summed E-state index contributed by atoms with van der Waals surface area (Å²) in [7, 11) is 1.59. The highest BCUT2D eigenvalue weighted by Gasteiger charge is 2.12. The van der Waals surface area contributed by atoms with Crippen LogP contribution in [-0.4, -0.2) is 30.6 Å². The number of hydrogen-bond acceptors (Lipinski definition) is 6. The minimum atomic E-state index is -0.243. The topological polar surface area (TPSA) is 102 Å². The summed E-state index contributed by atoms with van der Waals surface area (Å²) >= 11 is 1.21. The molecule has 3 N–H and O–H groups in total. The van der Waals surface area contributed by atoms with Crippen molar-refractivity contribution in [2.45, 2.75) is 39.3 Å². The van der Waals surface area contributed by atoms with Crippen LogP contribution in [0.15, 0.2) is 24.4 Å². The van der Waals surface area contributed by atoms with Crippen LogP contribution in [0.1, 0.15) is 32.3 Å². The van der Waals surface area contributed by atoms with Gasteiger partial charge in [0.2, 0.25) is 11.5 Å². The molecule has 0 aliphatic rings. The van der Waals surface area contributed by atoms with Crippen molar-refractivity contribution in [1.29, 1.82) is 0 Å². The van der Waals surface area contributed by atoms with Crippen LogP contribution >= 0.6 is 11.3 Å². The molecule has 27 heavy (non-hydrogen) atoms. The Morgan fingerprint density at radius 3 is 2.78 bits per heavy atom. The molecule has 8 nitrogen and oxygen atoms in total. The van der Waals surface area contributed by atoms with Crippen LogP contribution in [0.2, 0.25) is 0 Å². The Labute approximate surface area is 162 Å². The van der Waals surface area contributed by atoms with E-state index in [0.29, 0.717) is 34.6 Å². The van der Waals surface area contributed by atoms with Crippen LogP contribution in [0.25, 0.3) is 0 Å². The zero-order chi connectivity index (χ0) is 19.6. The van der Waals surface area contributed by atoms with Crippen LogP contribution in [-0.2, 0) is 16.1 Å². The summed E-state index contributed by atoms with van der Waals surface area (Å²) in [5.74, 6) is 0.587. The van der Waals surface area contributed by atoms with Crippen LogP contribution in [0.4, 0.5) is 15.6 Å². The van der Waals surface area contributed by atoms with Crippen LogP contribution in [0.3, 0.4) is 0 Å². The quantitative estimate of drug-likeness (QED) is 0.531. The molecule has 1 aromatic carbocycles. The first kappa shape index (κ1) is 20.7. The number of carbonyl (C=O) groups excluding carboxylic acids is 2. The third-order valence-electron chi connectivity index (χ3n) is 3.82. The van der Waals surface area contributed by atoms with E-state index >= 15 is 0 Å². The Kier molecular flexibility index (Phi) is 8.02. The first-order chi connectivity index (χ1) is 13.1. The molecule has 0 spiro atoms. The average molecular weight is 392 g/mol. The number of ether oxygens (including phenoxy) is 2. The molecule has 0 bridgehead atoms. The minimum absolute atomic E-state index is 0.145. The number of urea groups is 1. The number of methoxy groups -OCH3 is 1. The van der Waals surface area contributed by atoms with Gasteiger partial charge in [-0.25, -0.2) is 9.78 Å². The fourth-order valence-electron chi connectivity index (χ4n) is 2.40. The van der Waals surface area contributed by atoms with E-state index in [1.54, 1.807) is 25.3 Å². The van der Waals surface area contributed by atoms with Gasteiger partial charge in [0.1, 0.15) is 5.75 Å². The lowest BCUT2D eigenvalue weighted by atomic mass is 10.1. The molecule has 2 aromatic rings. The molecule has 146 valence electrons. The Morgan fingerprint density at radius 1 is 1.33 bits per heavy atom. The number of rotatable bonds is 10. The molecule has 0 aliphatic carbocycles. The van der Waals surface area contributed by atoms with Crippen LogP contribution in [0, 0.1) is 0 Å². The van der Waals surface area contributed by atoms with Gasteiger partial charge in [-0.3, -0.25) is 4.79 Å². The number of anilines is 2. The molecule has 0 aliphatic heterocycles. The van der Waals surface area contributed by atoms with E-state index in [0.717, 1.165) is 18.4 Å². The molecule has 9 heteroatoms. The second-order valence-electron chi connectivity index (χ2n) is 5.72. The van der Waals surface area contributed by atoms with Crippen molar-refractivity contribution >= 4 is 34.6 Å². The van der Waals surface area contributed by atoms with Crippen molar-refractivity contribution in [3.63, 3.8) is 0 Å². The number of nitrogens with one attached hydrogen (secondary N) is 3. The average Bonchev–Trinajstić information content (AvgIpc) is 3.09. The molecule has 2 rings (SSSR count). The number of nitrogens with zero attached hydrogens (tertiary/aromatic N) is 1. The number of benzene rings is 1. The lowest BCUT2D eigenvalue weighted by molar-refractivity contribution is -0.105. The minimum Gasteiger partial charge on any atom is -0.445 e. The van der Waals surface area contributed by atoms with Crippen molar-refractivity contribution in [2.24, 2.45) is 0 Å². The fraction of sp³-hybridized carbons (Fsp3) is 0.389. The summed E-state index contributed by atoms with van der Waals surface area (Å²) in [4.78, 5) is 26.6. The molecule has 1 heterocycles. The van der Waals surface area contributed by atoms with E-state index in [2.05, 4.69) is 20.9 Å². The van der Waals surface area contributed by atoms with Gasteiger partial charge in [-0.15, -0.1) is 0 Å². The van der Waals surface area contributed by atoms with Gasteiger partial charge in [0.05, 0.1) is 12.8 Å². The lowest BCUT2D eigenvalue weighted by Crippen LogP contribution is -2.37. The fourth-order valence-corrected chi connectivity index (χ4v) is 3.04. The van der Waals surface area contributed by atoms with Gasteiger partial charge in [0, 0.05) is 24.4 Å². The van der Waals surface area contributed by atoms with Gasteiger partial charge in [-0.05, 0) is 31.0 Å². The second-order valence-corrected chi connectivity index (χ2v) is 6.71. The van der Waals surface area contributed by atoms with Gasteiger partial charge >= 0.3 is 6.03 Å². The van der Waals surface area contributed by atoms with Crippen LogP contribution in [0.5, 0.6) is 10.8 Å². The standard InChI is InChI=1S/C18H24N4O4S/c1-4-13(5-2)21-17(24)22-14-6-7-15(12(8-14)10-25-3)26-16-9-19-18(27-16)20-11-23/h6-9,11,13H,4-5,10H2,1-3H3,(H,19,20,23)(H2,21,22,24). The molecule has 0 atom stereocenters. The van der Waals surface area contributed by atoms with Gasteiger partial charge in [-0.2, -0.15) is 0 Å². The first-order valence-electron chi connectivity index (χ1n) is 8.62. The molecule has 0 radical (unpaired) electrons. The Morgan fingerprint density at radius 2 is 2.11 bits per heavy atom. The van der Waals surface area contributed by atoms with Gasteiger partial charge in [0.15, 0.2) is 5.13 Å². The third kappa shape index (κ3) is 6.22. The molecule has 1 aromatic heterocycles. The van der Waals surface area contributed by atoms with Gasteiger partial charge in [-0.1, -0.05) is 25.2 Å². The number of aromatic nitrogens is 1.